The lowest BCUT2D eigenvalue weighted by Crippen LogP contribution is -2.36. The molecule has 2 heterocycles. The van der Waals surface area contributed by atoms with Crippen LogP contribution in [0.15, 0.2) is 28.8 Å². The van der Waals surface area contributed by atoms with Gasteiger partial charge in [-0.15, -0.1) is 0 Å². The van der Waals surface area contributed by atoms with E-state index in [0.717, 1.165) is 22.6 Å². The van der Waals surface area contributed by atoms with Gasteiger partial charge in [0.25, 0.3) is 0 Å². The van der Waals surface area contributed by atoms with E-state index in [9.17, 15) is 9.59 Å². The van der Waals surface area contributed by atoms with Crippen molar-refractivity contribution in [2.45, 2.75) is 25.8 Å². The molecule has 0 aliphatic carbocycles. The summed E-state index contributed by atoms with van der Waals surface area (Å²) in [5.41, 5.74) is 2.58. The van der Waals surface area contributed by atoms with Crippen LogP contribution in [0.25, 0.3) is 11.3 Å². The van der Waals surface area contributed by atoms with Gasteiger partial charge < -0.3 is 14.3 Å². The van der Waals surface area contributed by atoms with E-state index >= 15 is 0 Å². The van der Waals surface area contributed by atoms with Gasteiger partial charge in [0.1, 0.15) is 11.5 Å². The molecule has 0 unspecified atom stereocenters. The molecule has 0 spiro atoms. The van der Waals surface area contributed by atoms with Gasteiger partial charge in [0.2, 0.25) is 11.8 Å². The summed E-state index contributed by atoms with van der Waals surface area (Å²) in [6, 6.07) is 7.38. The molecule has 0 atom stereocenters. The Balaban J connectivity index is 1.72. The van der Waals surface area contributed by atoms with Crippen LogP contribution in [0.3, 0.4) is 0 Å². The average molecular weight is 362 g/mol. The Bertz CT molecular complexity index is 783. The second-order valence-electron chi connectivity index (χ2n) is 6.29. The summed E-state index contributed by atoms with van der Waals surface area (Å²) in [6.45, 7) is 1.03. The van der Waals surface area contributed by atoms with Crippen molar-refractivity contribution in [3.05, 3.63) is 40.6 Å². The Kier molecular flexibility index (Phi) is 5.08. The van der Waals surface area contributed by atoms with Gasteiger partial charge in [-0.1, -0.05) is 28.9 Å². The zero-order valence-electron chi connectivity index (χ0n) is 14.3. The highest BCUT2D eigenvalue weighted by atomic mass is 35.5. The van der Waals surface area contributed by atoms with Crippen molar-refractivity contribution in [3.8, 4) is 11.3 Å². The minimum Gasteiger partial charge on any atom is -0.360 e. The second-order valence-corrected chi connectivity index (χ2v) is 6.73. The van der Waals surface area contributed by atoms with Crippen LogP contribution >= 0.6 is 11.6 Å². The van der Waals surface area contributed by atoms with Crippen molar-refractivity contribution in [1.29, 1.82) is 0 Å². The SMILES string of the molecule is CN(C)C(=O)CCC(=O)N1CCc2onc(-c3ccc(Cl)cc3)c2C1. The lowest BCUT2D eigenvalue weighted by atomic mass is 10.0. The number of hydrogen-bond acceptors (Lipinski definition) is 4. The van der Waals surface area contributed by atoms with E-state index in [-0.39, 0.29) is 24.7 Å². The van der Waals surface area contributed by atoms with Crippen LogP contribution in [0.2, 0.25) is 5.02 Å². The van der Waals surface area contributed by atoms with Gasteiger partial charge in [0.15, 0.2) is 0 Å². The fourth-order valence-corrected chi connectivity index (χ4v) is 2.98. The van der Waals surface area contributed by atoms with Crippen LogP contribution in [0, 0.1) is 0 Å². The third-order valence-electron chi connectivity index (χ3n) is 4.35. The highest BCUT2D eigenvalue weighted by Gasteiger charge is 2.27. The Morgan fingerprint density at radius 2 is 1.96 bits per heavy atom. The Hall–Kier alpha value is -2.34. The number of rotatable bonds is 4. The molecule has 0 fully saturated rings. The predicted octanol–water partition coefficient (Wildman–Crippen LogP) is 2.75. The molecule has 0 N–H and O–H groups in total. The molecule has 0 saturated heterocycles. The molecule has 0 bridgehead atoms. The Labute approximate surface area is 151 Å². The smallest absolute Gasteiger partial charge is 0.223 e. The van der Waals surface area contributed by atoms with Crippen molar-refractivity contribution in [1.82, 2.24) is 15.0 Å². The monoisotopic (exact) mass is 361 g/mol. The summed E-state index contributed by atoms with van der Waals surface area (Å²) in [5, 5.41) is 4.83. The fourth-order valence-electron chi connectivity index (χ4n) is 2.85. The highest BCUT2D eigenvalue weighted by molar-refractivity contribution is 6.30. The van der Waals surface area contributed by atoms with E-state index in [1.165, 1.54) is 4.90 Å². The van der Waals surface area contributed by atoms with Gasteiger partial charge in [-0.25, -0.2) is 0 Å². The average Bonchev–Trinajstić information content (AvgIpc) is 3.03. The highest BCUT2D eigenvalue weighted by Crippen LogP contribution is 2.30. The molecule has 25 heavy (non-hydrogen) atoms. The van der Waals surface area contributed by atoms with E-state index in [4.69, 9.17) is 16.1 Å². The molecule has 1 aromatic carbocycles. The van der Waals surface area contributed by atoms with E-state index in [1.807, 2.05) is 12.1 Å². The molecular formula is C18H20ClN3O3. The Morgan fingerprint density at radius 3 is 2.64 bits per heavy atom. The quantitative estimate of drug-likeness (QED) is 0.839. The molecule has 0 saturated carbocycles. The number of nitrogens with zero attached hydrogens (tertiary/aromatic N) is 3. The van der Waals surface area contributed by atoms with Gasteiger partial charge in [-0.2, -0.15) is 0 Å². The van der Waals surface area contributed by atoms with E-state index in [1.54, 1.807) is 31.1 Å². The van der Waals surface area contributed by atoms with Gasteiger partial charge in [-0.3, -0.25) is 9.59 Å². The zero-order valence-corrected chi connectivity index (χ0v) is 15.0. The van der Waals surface area contributed by atoms with Crippen molar-refractivity contribution in [2.24, 2.45) is 0 Å². The predicted molar refractivity (Wildman–Crippen MR) is 94.0 cm³/mol. The first-order chi connectivity index (χ1) is 12.0. The Morgan fingerprint density at radius 1 is 1.24 bits per heavy atom. The minimum absolute atomic E-state index is 0.0240. The lowest BCUT2D eigenvalue weighted by Gasteiger charge is -2.26. The molecule has 1 aliphatic rings. The van der Waals surface area contributed by atoms with Crippen molar-refractivity contribution in [3.63, 3.8) is 0 Å². The lowest BCUT2D eigenvalue weighted by molar-refractivity contribution is -0.136. The van der Waals surface area contributed by atoms with Crippen LogP contribution < -0.4 is 0 Å². The summed E-state index contributed by atoms with van der Waals surface area (Å²) < 4.78 is 5.45. The number of hydrogen-bond donors (Lipinski definition) is 0. The maximum absolute atomic E-state index is 12.4. The summed E-state index contributed by atoms with van der Waals surface area (Å²) in [6.07, 6.45) is 1.07. The van der Waals surface area contributed by atoms with Gasteiger partial charge >= 0.3 is 0 Å². The van der Waals surface area contributed by atoms with Gasteiger partial charge in [0, 0.05) is 56.1 Å². The number of fused-ring (bicyclic) bond motifs is 1. The number of carbonyl (C=O) groups excluding carboxylic acids is 2. The summed E-state index contributed by atoms with van der Waals surface area (Å²) in [4.78, 5) is 27.4. The van der Waals surface area contributed by atoms with Crippen LogP contribution in [0.4, 0.5) is 0 Å². The maximum Gasteiger partial charge on any atom is 0.223 e. The number of benzene rings is 1. The van der Waals surface area contributed by atoms with Crippen molar-refractivity contribution in [2.75, 3.05) is 20.6 Å². The molecule has 1 aliphatic heterocycles. The largest absolute Gasteiger partial charge is 0.360 e. The molecule has 2 aromatic rings. The first kappa shape index (κ1) is 17.5. The van der Waals surface area contributed by atoms with Crippen LogP contribution in [-0.2, 0) is 22.6 Å². The first-order valence-corrected chi connectivity index (χ1v) is 8.55. The number of carbonyl (C=O) groups is 2. The molecular weight excluding hydrogens is 342 g/mol. The number of amides is 2. The zero-order chi connectivity index (χ0) is 18.0. The fraction of sp³-hybridized carbons (Fsp3) is 0.389. The van der Waals surface area contributed by atoms with Gasteiger partial charge in [0.05, 0.1) is 6.54 Å². The van der Waals surface area contributed by atoms with E-state index in [2.05, 4.69) is 5.16 Å². The third kappa shape index (κ3) is 3.85. The van der Waals surface area contributed by atoms with Crippen LogP contribution in [0.1, 0.15) is 24.2 Å². The van der Waals surface area contributed by atoms with Gasteiger partial charge in [-0.05, 0) is 12.1 Å². The maximum atomic E-state index is 12.4. The summed E-state index contributed by atoms with van der Waals surface area (Å²) >= 11 is 5.94. The molecule has 6 nitrogen and oxygen atoms in total. The molecule has 0 radical (unpaired) electrons. The van der Waals surface area contributed by atoms with E-state index < -0.39 is 0 Å². The molecule has 2 amide bonds. The third-order valence-corrected chi connectivity index (χ3v) is 4.60. The number of aromatic nitrogens is 1. The standard InChI is InChI=1S/C18H20ClN3O3/c1-21(2)16(23)7-8-17(24)22-10-9-15-14(11-22)18(20-25-15)12-3-5-13(19)6-4-12/h3-6H,7-11H2,1-2H3. The summed E-state index contributed by atoms with van der Waals surface area (Å²) in [7, 11) is 3.38. The van der Waals surface area contributed by atoms with Crippen LogP contribution in [-0.4, -0.2) is 47.4 Å². The normalized spacial score (nSPS) is 13.5. The molecule has 1 aromatic heterocycles. The number of halogens is 1. The minimum atomic E-state index is -0.0436. The summed E-state index contributed by atoms with van der Waals surface area (Å²) in [5.74, 6) is 0.750. The van der Waals surface area contributed by atoms with Crippen molar-refractivity contribution >= 4 is 23.4 Å². The second kappa shape index (κ2) is 7.27. The topological polar surface area (TPSA) is 66.7 Å². The molecule has 3 rings (SSSR count). The van der Waals surface area contributed by atoms with Crippen LogP contribution in [0.5, 0.6) is 0 Å². The molecule has 132 valence electrons. The van der Waals surface area contributed by atoms with Crippen molar-refractivity contribution < 1.29 is 14.1 Å². The van der Waals surface area contributed by atoms with E-state index in [0.29, 0.717) is 24.5 Å². The first-order valence-electron chi connectivity index (χ1n) is 8.17. The molecule has 7 heteroatoms.